The Balaban J connectivity index is 3.33. The van der Waals surface area contributed by atoms with E-state index in [1.807, 2.05) is 0 Å². The van der Waals surface area contributed by atoms with Crippen LogP contribution in [0.3, 0.4) is 0 Å². The Kier molecular flexibility index (Phi) is 28.5. The van der Waals surface area contributed by atoms with Gasteiger partial charge in [-0.2, -0.15) is 0 Å². The van der Waals surface area contributed by atoms with Crippen LogP contribution >= 0.6 is 0 Å². The number of hydrogen-bond donors (Lipinski definition) is 0. The summed E-state index contributed by atoms with van der Waals surface area (Å²) in [6.07, 6.45) is 27.1. The summed E-state index contributed by atoms with van der Waals surface area (Å²) >= 11 is 0. The zero-order chi connectivity index (χ0) is 26.4. The average Bonchev–Trinajstić information content (AvgIpc) is 2.87. The minimum Gasteiger partial charge on any atom is -0.466 e. The number of esters is 2. The van der Waals surface area contributed by atoms with Crippen LogP contribution < -0.4 is 0 Å². The number of carbonyl (C=O) groups excluding carboxylic acids is 2. The van der Waals surface area contributed by atoms with Gasteiger partial charge in [0, 0.05) is 19.3 Å². The zero-order valence-corrected chi connectivity index (χ0v) is 24.0. The first kappa shape index (κ1) is 34.5. The predicted molar refractivity (Wildman–Crippen MR) is 152 cm³/mol. The van der Waals surface area contributed by atoms with Crippen LogP contribution in [0.25, 0.3) is 0 Å². The van der Waals surface area contributed by atoms with E-state index in [0.29, 0.717) is 19.4 Å². The van der Waals surface area contributed by atoms with Crippen LogP contribution in [-0.2, 0) is 19.1 Å². The summed E-state index contributed by atoms with van der Waals surface area (Å²) < 4.78 is 10.5. The van der Waals surface area contributed by atoms with Crippen LogP contribution in [0.2, 0.25) is 0 Å². The first-order chi connectivity index (χ1) is 17.7. The summed E-state index contributed by atoms with van der Waals surface area (Å²) in [5.74, 6) is 5.90. The topological polar surface area (TPSA) is 52.6 Å². The molecular weight excluding hydrogens is 448 g/mol. The molecule has 0 aromatic rings. The molecule has 0 amide bonds. The third-order valence-electron chi connectivity index (χ3n) is 6.61. The van der Waals surface area contributed by atoms with E-state index >= 15 is 0 Å². The minimum absolute atomic E-state index is 0.0513. The van der Waals surface area contributed by atoms with Gasteiger partial charge in [0.2, 0.25) is 0 Å². The molecule has 0 spiro atoms. The Morgan fingerprint density at radius 1 is 0.472 bits per heavy atom. The maximum atomic E-state index is 11.8. The highest BCUT2D eigenvalue weighted by Gasteiger charge is 2.04. The Bertz CT molecular complexity index is 546. The van der Waals surface area contributed by atoms with Gasteiger partial charge in [-0.05, 0) is 25.7 Å². The maximum absolute atomic E-state index is 11.8. The van der Waals surface area contributed by atoms with E-state index in [-0.39, 0.29) is 18.5 Å². The van der Waals surface area contributed by atoms with Crippen LogP contribution in [0.1, 0.15) is 168 Å². The van der Waals surface area contributed by atoms with Gasteiger partial charge in [0.05, 0.1) is 6.61 Å². The first-order valence-electron chi connectivity index (χ1n) is 15.5. The maximum Gasteiger partial charge on any atom is 0.306 e. The Hall–Kier alpha value is -1.50. The molecule has 210 valence electrons. The van der Waals surface area contributed by atoms with Gasteiger partial charge in [-0.25, -0.2) is 0 Å². The summed E-state index contributed by atoms with van der Waals surface area (Å²) in [5.41, 5.74) is 0. The second-order valence-corrected chi connectivity index (χ2v) is 10.2. The summed E-state index contributed by atoms with van der Waals surface area (Å²) in [6, 6.07) is 0. The lowest BCUT2D eigenvalue weighted by Gasteiger charge is -2.05. The van der Waals surface area contributed by atoms with Crippen molar-refractivity contribution in [3.8, 4) is 11.8 Å². The number of carbonyl (C=O) groups is 2. The third kappa shape index (κ3) is 28.7. The van der Waals surface area contributed by atoms with Crippen molar-refractivity contribution in [2.45, 2.75) is 168 Å². The van der Waals surface area contributed by atoms with E-state index in [9.17, 15) is 9.59 Å². The lowest BCUT2D eigenvalue weighted by molar-refractivity contribution is -0.144. The monoisotopic (exact) mass is 506 g/mol. The van der Waals surface area contributed by atoms with Crippen LogP contribution in [-0.4, -0.2) is 25.2 Å². The summed E-state index contributed by atoms with van der Waals surface area (Å²) in [4.78, 5) is 23.6. The van der Waals surface area contributed by atoms with E-state index in [2.05, 4.69) is 25.7 Å². The molecule has 36 heavy (non-hydrogen) atoms. The van der Waals surface area contributed by atoms with E-state index < -0.39 is 0 Å². The molecule has 0 fully saturated rings. The quantitative estimate of drug-likeness (QED) is 0.0666. The van der Waals surface area contributed by atoms with E-state index in [4.69, 9.17) is 9.47 Å². The molecule has 4 nitrogen and oxygen atoms in total. The molecule has 0 N–H and O–H groups in total. The van der Waals surface area contributed by atoms with E-state index in [1.54, 1.807) is 0 Å². The fourth-order valence-corrected chi connectivity index (χ4v) is 4.24. The predicted octanol–water partition coefficient (Wildman–Crippen LogP) is 9.48. The van der Waals surface area contributed by atoms with Gasteiger partial charge in [0.25, 0.3) is 0 Å². The van der Waals surface area contributed by atoms with Crippen molar-refractivity contribution in [1.29, 1.82) is 0 Å². The highest BCUT2D eigenvalue weighted by atomic mass is 16.5. The van der Waals surface area contributed by atoms with E-state index in [1.165, 1.54) is 77.0 Å². The molecule has 0 atom stereocenters. The highest BCUT2D eigenvalue weighted by molar-refractivity contribution is 5.69. The third-order valence-corrected chi connectivity index (χ3v) is 6.61. The molecule has 0 bridgehead atoms. The normalized spacial score (nSPS) is 10.6. The van der Waals surface area contributed by atoms with Gasteiger partial charge >= 0.3 is 11.9 Å². The van der Waals surface area contributed by atoms with Crippen LogP contribution in [0.4, 0.5) is 0 Å². The molecule has 4 heteroatoms. The highest BCUT2D eigenvalue weighted by Crippen LogP contribution is 2.11. The first-order valence-corrected chi connectivity index (χ1v) is 15.5. The van der Waals surface area contributed by atoms with Gasteiger partial charge in [-0.1, -0.05) is 135 Å². The molecule has 0 heterocycles. The molecule has 0 saturated heterocycles. The largest absolute Gasteiger partial charge is 0.466 e. The number of rotatable bonds is 26. The van der Waals surface area contributed by atoms with Crippen molar-refractivity contribution in [3.63, 3.8) is 0 Å². The Morgan fingerprint density at radius 3 is 1.42 bits per heavy atom. The molecule has 0 aromatic heterocycles. The van der Waals surface area contributed by atoms with E-state index in [0.717, 1.165) is 64.2 Å². The summed E-state index contributed by atoms with van der Waals surface area (Å²) in [7, 11) is 0. The fourth-order valence-electron chi connectivity index (χ4n) is 4.24. The second-order valence-electron chi connectivity index (χ2n) is 10.2. The molecule has 0 radical (unpaired) electrons. The van der Waals surface area contributed by atoms with Crippen molar-refractivity contribution >= 4 is 11.9 Å². The lowest BCUT2D eigenvalue weighted by Crippen LogP contribution is -2.05. The van der Waals surface area contributed by atoms with Gasteiger partial charge in [-0.3, -0.25) is 9.59 Å². The fraction of sp³-hybridized carbons (Fsp3) is 0.875. The van der Waals surface area contributed by atoms with Crippen LogP contribution in [0, 0.1) is 11.8 Å². The lowest BCUT2D eigenvalue weighted by atomic mass is 10.1. The molecule has 0 unspecified atom stereocenters. The Labute approximate surface area is 224 Å². The van der Waals surface area contributed by atoms with Crippen molar-refractivity contribution in [2.24, 2.45) is 0 Å². The van der Waals surface area contributed by atoms with Crippen molar-refractivity contribution in [3.05, 3.63) is 0 Å². The van der Waals surface area contributed by atoms with Crippen LogP contribution in [0.15, 0.2) is 0 Å². The second kappa shape index (κ2) is 29.7. The average molecular weight is 507 g/mol. The van der Waals surface area contributed by atoms with Gasteiger partial charge in [0.1, 0.15) is 0 Å². The molecule has 0 aliphatic rings. The Morgan fingerprint density at radius 2 is 0.889 bits per heavy atom. The van der Waals surface area contributed by atoms with Crippen molar-refractivity contribution in [1.82, 2.24) is 0 Å². The van der Waals surface area contributed by atoms with Crippen molar-refractivity contribution in [2.75, 3.05) is 13.2 Å². The minimum atomic E-state index is -0.139. The summed E-state index contributed by atoms with van der Waals surface area (Å²) in [5, 5.41) is 0. The summed E-state index contributed by atoms with van der Waals surface area (Å²) in [6.45, 7) is 5.29. The number of hydrogen-bond acceptors (Lipinski definition) is 4. The zero-order valence-electron chi connectivity index (χ0n) is 24.0. The molecule has 0 aromatic carbocycles. The van der Waals surface area contributed by atoms with Crippen molar-refractivity contribution < 1.29 is 19.1 Å². The number of unbranched alkanes of at least 4 members (excludes halogenated alkanes) is 19. The van der Waals surface area contributed by atoms with Gasteiger partial charge in [0.15, 0.2) is 6.61 Å². The molecular formula is C32H58O4. The molecule has 0 aliphatic carbocycles. The standard InChI is InChI=1S/C32H58O4/c1-3-5-7-9-11-12-13-14-18-22-26-30-36-32(34)28-24-20-16-15-19-23-27-31(33)35-29-25-21-17-10-8-6-4-2/h3-21,23-25,27-30H2,1-2H3. The van der Waals surface area contributed by atoms with Gasteiger partial charge < -0.3 is 9.47 Å². The van der Waals surface area contributed by atoms with Crippen LogP contribution in [0.5, 0.6) is 0 Å². The molecule has 0 aliphatic heterocycles. The molecule has 0 rings (SSSR count). The SMILES string of the molecule is CCCCCCCCCCC#CCOC(=O)CCCCCCCCC(=O)OCCCCCCCCC. The smallest absolute Gasteiger partial charge is 0.306 e. The number of ether oxygens (including phenoxy) is 2. The van der Waals surface area contributed by atoms with Gasteiger partial charge in [-0.15, -0.1) is 0 Å². The molecule has 0 saturated carbocycles.